The second-order valence-electron chi connectivity index (χ2n) is 6.36. The molecular formula is C17H21FN2O3. The van der Waals surface area contributed by atoms with Crippen LogP contribution in [0.25, 0.3) is 0 Å². The topological polar surface area (TPSA) is 60.9 Å². The van der Waals surface area contributed by atoms with Gasteiger partial charge in [0.2, 0.25) is 5.91 Å². The molecule has 0 bridgehead atoms. The number of rotatable bonds is 3. The largest absolute Gasteiger partial charge is 0.384 e. The molecule has 1 saturated carbocycles. The summed E-state index contributed by atoms with van der Waals surface area (Å²) in [5.41, 5.74) is -0.241. The third-order valence-electron chi connectivity index (χ3n) is 4.78. The molecule has 1 aromatic rings. The first-order valence-electron chi connectivity index (χ1n) is 7.97. The van der Waals surface area contributed by atoms with Gasteiger partial charge in [-0.25, -0.2) is 4.39 Å². The Morgan fingerprint density at radius 3 is 2.22 bits per heavy atom. The fourth-order valence-electron chi connectivity index (χ4n) is 3.27. The quantitative estimate of drug-likeness (QED) is 0.900. The minimum absolute atomic E-state index is 0.0493. The molecule has 1 atom stereocenters. The van der Waals surface area contributed by atoms with Crippen LogP contribution in [0.15, 0.2) is 24.3 Å². The van der Waals surface area contributed by atoms with E-state index in [4.69, 9.17) is 0 Å². The summed E-state index contributed by atoms with van der Waals surface area (Å²) in [6.07, 6.45) is 0.310. The Hall–Kier alpha value is -1.95. The van der Waals surface area contributed by atoms with E-state index in [0.717, 1.165) is 0 Å². The third-order valence-corrected chi connectivity index (χ3v) is 4.78. The van der Waals surface area contributed by atoms with E-state index >= 15 is 0 Å². The highest BCUT2D eigenvalue weighted by atomic mass is 19.1. The van der Waals surface area contributed by atoms with E-state index in [1.807, 2.05) is 0 Å². The zero-order valence-electron chi connectivity index (χ0n) is 13.2. The molecule has 124 valence electrons. The van der Waals surface area contributed by atoms with Crippen molar-refractivity contribution in [3.05, 3.63) is 35.6 Å². The van der Waals surface area contributed by atoms with E-state index in [0.29, 0.717) is 44.6 Å². The van der Waals surface area contributed by atoms with Crippen molar-refractivity contribution in [3.8, 4) is 0 Å². The molecule has 2 fully saturated rings. The molecule has 1 N–H and O–H groups in total. The molecule has 0 aromatic heterocycles. The Bertz CT molecular complexity index is 620. The molecule has 1 aliphatic carbocycles. The number of hydrogen-bond acceptors (Lipinski definition) is 3. The molecule has 6 heteroatoms. The van der Waals surface area contributed by atoms with Crippen LogP contribution in [-0.4, -0.2) is 59.0 Å². The standard InChI is InChI=1S/C17H21FN2O3/c1-12(21)15(22)19-8-10-20(11-9-19)16(23)17(6-7-17)13-4-2-3-5-14(13)18/h2-5,12,21H,6-11H2,1H3. The zero-order valence-corrected chi connectivity index (χ0v) is 13.2. The Morgan fingerprint density at radius 1 is 1.13 bits per heavy atom. The number of benzene rings is 1. The van der Waals surface area contributed by atoms with Gasteiger partial charge in [-0.3, -0.25) is 9.59 Å². The van der Waals surface area contributed by atoms with Crippen LogP contribution in [0.1, 0.15) is 25.3 Å². The monoisotopic (exact) mass is 320 g/mol. The van der Waals surface area contributed by atoms with Gasteiger partial charge in [0.25, 0.3) is 5.91 Å². The number of nitrogens with zero attached hydrogens (tertiary/aromatic N) is 2. The van der Waals surface area contributed by atoms with Gasteiger partial charge in [0.05, 0.1) is 5.41 Å². The molecular weight excluding hydrogens is 299 g/mol. The van der Waals surface area contributed by atoms with E-state index in [2.05, 4.69) is 0 Å². The highest BCUT2D eigenvalue weighted by molar-refractivity contribution is 5.91. The summed E-state index contributed by atoms with van der Waals surface area (Å²) >= 11 is 0. The van der Waals surface area contributed by atoms with Crippen molar-refractivity contribution in [1.29, 1.82) is 0 Å². The number of halogens is 1. The van der Waals surface area contributed by atoms with Crippen LogP contribution >= 0.6 is 0 Å². The van der Waals surface area contributed by atoms with E-state index in [-0.39, 0.29) is 17.6 Å². The first-order chi connectivity index (χ1) is 11.0. The van der Waals surface area contributed by atoms with Crippen molar-refractivity contribution in [1.82, 2.24) is 9.80 Å². The molecule has 1 heterocycles. The molecule has 5 nitrogen and oxygen atoms in total. The molecule has 1 aliphatic heterocycles. The number of piperazine rings is 1. The Kier molecular flexibility index (Phi) is 4.10. The number of hydrogen-bond donors (Lipinski definition) is 1. The summed E-state index contributed by atoms with van der Waals surface area (Å²) in [5.74, 6) is -0.694. The molecule has 0 radical (unpaired) electrons. The zero-order chi connectivity index (χ0) is 16.6. The van der Waals surface area contributed by atoms with Crippen molar-refractivity contribution >= 4 is 11.8 Å². The summed E-state index contributed by atoms with van der Waals surface area (Å²) in [6.45, 7) is 3.10. The minimum atomic E-state index is -1.02. The molecule has 1 saturated heterocycles. The van der Waals surface area contributed by atoms with Gasteiger partial charge in [0.15, 0.2) is 0 Å². The fraction of sp³-hybridized carbons (Fsp3) is 0.529. The molecule has 1 unspecified atom stereocenters. The predicted molar refractivity (Wildman–Crippen MR) is 82.2 cm³/mol. The van der Waals surface area contributed by atoms with Crippen LogP contribution in [0.3, 0.4) is 0 Å². The maximum absolute atomic E-state index is 14.1. The normalized spacial score (nSPS) is 21.0. The van der Waals surface area contributed by atoms with E-state index in [1.54, 1.807) is 28.0 Å². The van der Waals surface area contributed by atoms with E-state index in [9.17, 15) is 19.1 Å². The smallest absolute Gasteiger partial charge is 0.251 e. The van der Waals surface area contributed by atoms with Crippen molar-refractivity contribution in [2.24, 2.45) is 0 Å². The third kappa shape index (κ3) is 2.83. The first-order valence-corrected chi connectivity index (χ1v) is 7.97. The van der Waals surface area contributed by atoms with Gasteiger partial charge in [0.1, 0.15) is 11.9 Å². The Morgan fingerprint density at radius 2 is 1.70 bits per heavy atom. The van der Waals surface area contributed by atoms with Gasteiger partial charge in [-0.2, -0.15) is 0 Å². The van der Waals surface area contributed by atoms with Crippen molar-refractivity contribution in [3.63, 3.8) is 0 Å². The number of carbonyl (C=O) groups excluding carboxylic acids is 2. The SMILES string of the molecule is CC(O)C(=O)N1CCN(C(=O)C2(c3ccccc3F)CC2)CC1. The van der Waals surface area contributed by atoms with E-state index in [1.165, 1.54) is 13.0 Å². The summed E-state index contributed by atoms with van der Waals surface area (Å²) in [6, 6.07) is 6.46. The highest BCUT2D eigenvalue weighted by Gasteiger charge is 2.54. The van der Waals surface area contributed by atoms with Gasteiger partial charge in [-0.05, 0) is 25.8 Å². The number of aliphatic hydroxyl groups excluding tert-OH is 1. The Balaban J connectivity index is 1.69. The average molecular weight is 320 g/mol. The Labute approximate surface area is 134 Å². The molecule has 0 spiro atoms. The fourth-order valence-corrected chi connectivity index (χ4v) is 3.27. The van der Waals surface area contributed by atoms with Crippen molar-refractivity contribution < 1.29 is 19.1 Å². The van der Waals surface area contributed by atoms with Crippen LogP contribution in [-0.2, 0) is 15.0 Å². The molecule has 1 aromatic carbocycles. The summed E-state index contributed by atoms with van der Waals surface area (Å²) < 4.78 is 14.1. The molecule has 2 amide bonds. The maximum Gasteiger partial charge on any atom is 0.251 e. The first kappa shape index (κ1) is 15.9. The lowest BCUT2D eigenvalue weighted by atomic mass is 9.93. The van der Waals surface area contributed by atoms with Crippen LogP contribution < -0.4 is 0 Å². The maximum atomic E-state index is 14.1. The number of aliphatic hydroxyl groups is 1. The van der Waals surface area contributed by atoms with Crippen LogP contribution in [0, 0.1) is 5.82 Å². The van der Waals surface area contributed by atoms with Gasteiger partial charge in [-0.15, -0.1) is 0 Å². The van der Waals surface area contributed by atoms with Gasteiger partial charge in [0, 0.05) is 31.7 Å². The van der Waals surface area contributed by atoms with Crippen LogP contribution in [0.4, 0.5) is 4.39 Å². The summed E-state index contributed by atoms with van der Waals surface area (Å²) in [7, 11) is 0. The highest BCUT2D eigenvalue weighted by Crippen LogP contribution is 2.50. The second-order valence-corrected chi connectivity index (χ2v) is 6.36. The average Bonchev–Trinajstić information content (AvgIpc) is 3.35. The van der Waals surface area contributed by atoms with Gasteiger partial charge >= 0.3 is 0 Å². The lowest BCUT2D eigenvalue weighted by Crippen LogP contribution is -2.54. The molecule has 2 aliphatic rings. The van der Waals surface area contributed by atoms with E-state index < -0.39 is 11.5 Å². The summed E-state index contributed by atoms with van der Waals surface area (Å²) in [4.78, 5) is 27.9. The van der Waals surface area contributed by atoms with Gasteiger partial charge < -0.3 is 14.9 Å². The van der Waals surface area contributed by atoms with Crippen molar-refractivity contribution in [2.75, 3.05) is 26.2 Å². The second kappa shape index (κ2) is 5.92. The molecule has 23 heavy (non-hydrogen) atoms. The minimum Gasteiger partial charge on any atom is -0.384 e. The summed E-state index contributed by atoms with van der Waals surface area (Å²) in [5, 5.41) is 9.35. The lowest BCUT2D eigenvalue weighted by Gasteiger charge is -2.37. The predicted octanol–water partition coefficient (Wildman–Crippen LogP) is 0.909. The lowest BCUT2D eigenvalue weighted by molar-refractivity contribution is -0.145. The van der Waals surface area contributed by atoms with Crippen LogP contribution in [0.2, 0.25) is 0 Å². The van der Waals surface area contributed by atoms with Crippen molar-refractivity contribution in [2.45, 2.75) is 31.3 Å². The van der Waals surface area contributed by atoms with Gasteiger partial charge in [-0.1, -0.05) is 18.2 Å². The number of amides is 2. The van der Waals surface area contributed by atoms with Crippen LogP contribution in [0.5, 0.6) is 0 Å². The number of carbonyl (C=O) groups is 2. The molecule has 3 rings (SSSR count).